The number of nitrogens with one attached hydrogen (secondary N) is 1. The molecule has 5 nitrogen and oxygen atoms in total. The van der Waals surface area contributed by atoms with Gasteiger partial charge in [-0.2, -0.15) is 0 Å². The van der Waals surface area contributed by atoms with Gasteiger partial charge in [0.15, 0.2) is 0 Å². The van der Waals surface area contributed by atoms with Crippen LogP contribution in [0.25, 0.3) is 0 Å². The fourth-order valence-electron chi connectivity index (χ4n) is 3.88. The quantitative estimate of drug-likeness (QED) is 0.814. The number of carboxylic acids is 1. The molecule has 1 amide bonds. The standard InChI is InChI=1S/C16H28N2O3/c1-18(13-5-9-17-10-6-13)14(19)11-16(12-15(20)21)7-3-2-4-8-16/h13,17H,2-12H2,1H3,(H,20,21). The molecule has 1 aliphatic heterocycles. The SMILES string of the molecule is CN(C(=O)CC1(CC(=O)O)CCCCC1)C1CCNCC1. The topological polar surface area (TPSA) is 69.6 Å². The summed E-state index contributed by atoms with van der Waals surface area (Å²) in [6.45, 7) is 1.92. The van der Waals surface area contributed by atoms with Crippen molar-refractivity contribution in [1.82, 2.24) is 10.2 Å². The number of carbonyl (C=O) groups excluding carboxylic acids is 1. The van der Waals surface area contributed by atoms with Crippen LogP contribution in [0.1, 0.15) is 57.8 Å². The summed E-state index contributed by atoms with van der Waals surface area (Å²) >= 11 is 0. The van der Waals surface area contributed by atoms with Crippen molar-refractivity contribution in [3.05, 3.63) is 0 Å². The molecule has 120 valence electrons. The van der Waals surface area contributed by atoms with Gasteiger partial charge in [0.1, 0.15) is 0 Å². The summed E-state index contributed by atoms with van der Waals surface area (Å²) in [5, 5.41) is 12.5. The molecule has 1 saturated carbocycles. The molecule has 0 aromatic carbocycles. The first-order valence-electron chi connectivity index (χ1n) is 8.21. The van der Waals surface area contributed by atoms with E-state index in [9.17, 15) is 14.7 Å². The second-order valence-electron chi connectivity index (χ2n) is 6.79. The zero-order valence-corrected chi connectivity index (χ0v) is 13.1. The average Bonchev–Trinajstić information content (AvgIpc) is 2.47. The van der Waals surface area contributed by atoms with E-state index in [0.717, 1.165) is 51.6 Å². The maximum absolute atomic E-state index is 12.6. The van der Waals surface area contributed by atoms with E-state index in [4.69, 9.17) is 0 Å². The van der Waals surface area contributed by atoms with E-state index in [1.54, 1.807) is 0 Å². The fourth-order valence-corrected chi connectivity index (χ4v) is 3.88. The maximum Gasteiger partial charge on any atom is 0.303 e. The Balaban J connectivity index is 1.97. The molecule has 2 aliphatic rings. The van der Waals surface area contributed by atoms with E-state index >= 15 is 0 Å². The van der Waals surface area contributed by atoms with Gasteiger partial charge in [0, 0.05) is 19.5 Å². The normalized spacial score (nSPS) is 22.7. The number of amides is 1. The molecule has 5 heteroatoms. The van der Waals surface area contributed by atoms with Crippen LogP contribution in [0.3, 0.4) is 0 Å². The highest BCUT2D eigenvalue weighted by atomic mass is 16.4. The molecule has 1 saturated heterocycles. The Morgan fingerprint density at radius 2 is 1.76 bits per heavy atom. The average molecular weight is 296 g/mol. The van der Waals surface area contributed by atoms with Crippen LogP contribution in [-0.4, -0.2) is 48.1 Å². The van der Waals surface area contributed by atoms with Crippen molar-refractivity contribution in [2.45, 2.75) is 63.8 Å². The summed E-state index contributed by atoms with van der Waals surface area (Å²) in [4.78, 5) is 25.7. The molecule has 2 fully saturated rings. The molecule has 1 heterocycles. The summed E-state index contributed by atoms with van der Waals surface area (Å²) < 4.78 is 0. The molecule has 1 aliphatic carbocycles. The fraction of sp³-hybridized carbons (Fsp3) is 0.875. The summed E-state index contributed by atoms with van der Waals surface area (Å²) in [5.74, 6) is -0.640. The third-order valence-corrected chi connectivity index (χ3v) is 5.22. The molecule has 0 aromatic rings. The molecular weight excluding hydrogens is 268 g/mol. The maximum atomic E-state index is 12.6. The Kier molecular flexibility index (Phi) is 5.62. The number of hydrogen-bond donors (Lipinski definition) is 2. The van der Waals surface area contributed by atoms with Crippen molar-refractivity contribution < 1.29 is 14.7 Å². The zero-order valence-electron chi connectivity index (χ0n) is 13.1. The Labute approximate surface area is 127 Å². The predicted octanol–water partition coefficient (Wildman–Crippen LogP) is 2.01. The first kappa shape index (κ1) is 16.3. The van der Waals surface area contributed by atoms with E-state index in [0.29, 0.717) is 12.5 Å². The first-order chi connectivity index (χ1) is 10.0. The molecule has 0 unspecified atom stereocenters. The van der Waals surface area contributed by atoms with Crippen molar-refractivity contribution in [3.8, 4) is 0 Å². The predicted molar refractivity (Wildman–Crippen MR) is 81.0 cm³/mol. The van der Waals surface area contributed by atoms with Crippen molar-refractivity contribution in [3.63, 3.8) is 0 Å². The molecule has 0 atom stereocenters. The lowest BCUT2D eigenvalue weighted by Gasteiger charge is -2.38. The zero-order chi connectivity index (χ0) is 15.3. The molecule has 0 bridgehead atoms. The van der Waals surface area contributed by atoms with Gasteiger partial charge in [-0.3, -0.25) is 9.59 Å². The van der Waals surface area contributed by atoms with E-state index in [2.05, 4.69) is 5.32 Å². The third-order valence-electron chi connectivity index (χ3n) is 5.22. The van der Waals surface area contributed by atoms with Crippen molar-refractivity contribution in [2.24, 2.45) is 5.41 Å². The van der Waals surface area contributed by atoms with Gasteiger partial charge in [-0.05, 0) is 44.2 Å². The minimum Gasteiger partial charge on any atom is -0.481 e. The van der Waals surface area contributed by atoms with Gasteiger partial charge < -0.3 is 15.3 Å². The van der Waals surface area contributed by atoms with Crippen LogP contribution < -0.4 is 5.32 Å². The molecule has 2 rings (SSSR count). The molecule has 2 N–H and O–H groups in total. The minimum atomic E-state index is -0.769. The van der Waals surface area contributed by atoms with E-state index in [1.165, 1.54) is 6.42 Å². The lowest BCUT2D eigenvalue weighted by molar-refractivity contribution is -0.143. The van der Waals surface area contributed by atoms with Gasteiger partial charge in [-0.1, -0.05) is 19.3 Å². The van der Waals surface area contributed by atoms with Crippen molar-refractivity contribution >= 4 is 11.9 Å². The number of carboxylic acid groups (broad SMARTS) is 1. The monoisotopic (exact) mass is 296 g/mol. The molecular formula is C16H28N2O3. The highest BCUT2D eigenvalue weighted by molar-refractivity contribution is 5.78. The largest absolute Gasteiger partial charge is 0.481 e. The smallest absolute Gasteiger partial charge is 0.303 e. The first-order valence-corrected chi connectivity index (χ1v) is 8.21. The second-order valence-corrected chi connectivity index (χ2v) is 6.79. The van der Waals surface area contributed by atoms with Crippen LogP contribution in [0.2, 0.25) is 0 Å². The van der Waals surface area contributed by atoms with E-state index in [-0.39, 0.29) is 17.7 Å². The lowest BCUT2D eigenvalue weighted by Crippen LogP contribution is -2.45. The third kappa shape index (κ3) is 4.43. The molecule has 0 aromatic heterocycles. The van der Waals surface area contributed by atoms with Crippen LogP contribution in [-0.2, 0) is 9.59 Å². The van der Waals surface area contributed by atoms with Gasteiger partial charge in [0.25, 0.3) is 0 Å². The number of aliphatic carboxylic acids is 1. The molecule has 0 radical (unpaired) electrons. The van der Waals surface area contributed by atoms with E-state index < -0.39 is 5.97 Å². The Hall–Kier alpha value is -1.10. The number of nitrogens with zero attached hydrogens (tertiary/aromatic N) is 1. The number of carbonyl (C=O) groups is 2. The number of rotatable bonds is 5. The van der Waals surface area contributed by atoms with E-state index in [1.807, 2.05) is 11.9 Å². The summed E-state index contributed by atoms with van der Waals surface area (Å²) in [6.07, 6.45) is 7.56. The highest BCUT2D eigenvalue weighted by Crippen LogP contribution is 2.42. The molecule has 21 heavy (non-hydrogen) atoms. The van der Waals surface area contributed by atoms with Crippen LogP contribution in [0, 0.1) is 5.41 Å². The van der Waals surface area contributed by atoms with Crippen LogP contribution in [0.5, 0.6) is 0 Å². The van der Waals surface area contributed by atoms with Crippen LogP contribution in [0.15, 0.2) is 0 Å². The van der Waals surface area contributed by atoms with Crippen LogP contribution in [0.4, 0.5) is 0 Å². The summed E-state index contributed by atoms with van der Waals surface area (Å²) in [7, 11) is 1.88. The van der Waals surface area contributed by atoms with Gasteiger partial charge in [-0.25, -0.2) is 0 Å². The van der Waals surface area contributed by atoms with Gasteiger partial charge in [0.2, 0.25) is 5.91 Å². The van der Waals surface area contributed by atoms with Gasteiger partial charge >= 0.3 is 5.97 Å². The Morgan fingerprint density at radius 1 is 1.14 bits per heavy atom. The Bertz CT molecular complexity index is 372. The lowest BCUT2D eigenvalue weighted by atomic mass is 9.69. The van der Waals surface area contributed by atoms with Gasteiger partial charge in [0.05, 0.1) is 6.42 Å². The van der Waals surface area contributed by atoms with Crippen LogP contribution >= 0.6 is 0 Å². The molecule has 0 spiro atoms. The summed E-state index contributed by atoms with van der Waals surface area (Å²) in [5.41, 5.74) is -0.303. The second kappa shape index (κ2) is 7.25. The van der Waals surface area contributed by atoms with Crippen molar-refractivity contribution in [2.75, 3.05) is 20.1 Å². The summed E-state index contributed by atoms with van der Waals surface area (Å²) in [6, 6.07) is 0.309. The number of piperidine rings is 1. The Morgan fingerprint density at radius 3 is 2.33 bits per heavy atom. The van der Waals surface area contributed by atoms with Crippen molar-refractivity contribution in [1.29, 1.82) is 0 Å². The minimum absolute atomic E-state index is 0.130. The van der Waals surface area contributed by atoms with Gasteiger partial charge in [-0.15, -0.1) is 0 Å². The highest BCUT2D eigenvalue weighted by Gasteiger charge is 2.38. The number of hydrogen-bond acceptors (Lipinski definition) is 3.